The highest BCUT2D eigenvalue weighted by molar-refractivity contribution is 7.89. The molecule has 24 heavy (non-hydrogen) atoms. The molecule has 2 rings (SSSR count). The molecule has 0 aliphatic carbocycles. The van der Waals surface area contributed by atoms with E-state index in [4.69, 9.17) is 0 Å². The lowest BCUT2D eigenvalue weighted by Crippen LogP contribution is -2.43. The van der Waals surface area contributed by atoms with Gasteiger partial charge < -0.3 is 10.6 Å². The number of halogens is 1. The Balaban J connectivity index is 0.00000288. The molecule has 136 valence electrons. The molecule has 0 saturated heterocycles. The zero-order valence-corrected chi connectivity index (χ0v) is 15.8. The van der Waals surface area contributed by atoms with Crippen LogP contribution in [0.1, 0.15) is 31.0 Å². The topological polar surface area (TPSA) is 78.5 Å². The molecule has 1 atom stereocenters. The minimum Gasteiger partial charge on any atom is -0.353 e. The van der Waals surface area contributed by atoms with Crippen molar-refractivity contribution in [1.29, 1.82) is 0 Å². The average Bonchev–Trinajstić information content (AvgIpc) is 2.53. The van der Waals surface area contributed by atoms with Crippen LogP contribution in [0.2, 0.25) is 0 Å². The Hall–Kier alpha value is -1.15. The van der Waals surface area contributed by atoms with Gasteiger partial charge in [-0.15, -0.1) is 12.4 Å². The van der Waals surface area contributed by atoms with Crippen LogP contribution >= 0.6 is 12.4 Å². The van der Waals surface area contributed by atoms with Gasteiger partial charge in [0.25, 0.3) is 0 Å². The first kappa shape index (κ1) is 20.9. The van der Waals surface area contributed by atoms with E-state index in [9.17, 15) is 13.2 Å². The largest absolute Gasteiger partial charge is 0.353 e. The number of amides is 1. The van der Waals surface area contributed by atoms with Crippen molar-refractivity contribution in [2.45, 2.75) is 26.3 Å². The smallest absolute Gasteiger partial charge is 0.236 e. The van der Waals surface area contributed by atoms with Crippen molar-refractivity contribution in [2.24, 2.45) is 0 Å². The number of benzene rings is 1. The van der Waals surface area contributed by atoms with E-state index >= 15 is 0 Å². The maximum atomic E-state index is 12.1. The summed E-state index contributed by atoms with van der Waals surface area (Å²) in [6.45, 7) is 5.54. The zero-order chi connectivity index (χ0) is 16.9. The van der Waals surface area contributed by atoms with Crippen LogP contribution in [0.5, 0.6) is 0 Å². The second-order valence-corrected chi connectivity index (χ2v) is 7.57. The van der Waals surface area contributed by atoms with E-state index < -0.39 is 21.7 Å². The fourth-order valence-electron chi connectivity index (χ4n) is 2.92. The van der Waals surface area contributed by atoms with Crippen LogP contribution < -0.4 is 10.6 Å². The minimum atomic E-state index is -3.53. The summed E-state index contributed by atoms with van der Waals surface area (Å²) >= 11 is 0. The molecule has 0 spiro atoms. The lowest BCUT2D eigenvalue weighted by Gasteiger charge is -2.27. The highest BCUT2D eigenvalue weighted by Gasteiger charge is 2.24. The third-order valence-electron chi connectivity index (χ3n) is 4.13. The molecule has 1 aromatic rings. The van der Waals surface area contributed by atoms with Gasteiger partial charge in [0.15, 0.2) is 0 Å². The summed E-state index contributed by atoms with van der Waals surface area (Å²) in [5, 5.41) is 6.11. The lowest BCUT2D eigenvalue weighted by molar-refractivity contribution is -0.118. The van der Waals surface area contributed by atoms with Crippen molar-refractivity contribution in [3.8, 4) is 0 Å². The van der Waals surface area contributed by atoms with Crippen LogP contribution in [0.15, 0.2) is 24.3 Å². The Labute approximate surface area is 150 Å². The molecule has 1 aliphatic heterocycles. The molecule has 1 unspecified atom stereocenters. The molecule has 6 nitrogen and oxygen atoms in total. The summed E-state index contributed by atoms with van der Waals surface area (Å²) in [5.41, 5.74) is 2.45. The van der Waals surface area contributed by atoms with Crippen LogP contribution in [0.3, 0.4) is 0 Å². The van der Waals surface area contributed by atoms with Gasteiger partial charge >= 0.3 is 0 Å². The molecule has 0 fully saturated rings. The molecule has 1 heterocycles. The van der Waals surface area contributed by atoms with Crippen molar-refractivity contribution >= 4 is 28.3 Å². The van der Waals surface area contributed by atoms with Gasteiger partial charge in [-0.2, -0.15) is 0 Å². The molecule has 1 aliphatic rings. The number of hydrogen-bond donors (Lipinski definition) is 2. The third-order valence-corrected chi connectivity index (χ3v) is 6.06. The predicted octanol–water partition coefficient (Wildman–Crippen LogP) is 1.08. The van der Waals surface area contributed by atoms with Gasteiger partial charge in [0.1, 0.15) is 5.75 Å². The van der Waals surface area contributed by atoms with Crippen LogP contribution in [-0.2, 0) is 21.2 Å². The summed E-state index contributed by atoms with van der Waals surface area (Å²) in [5.74, 6) is -0.954. The SMILES string of the molecule is CCN(CC)S(=O)(=O)CC(=O)NCC1NCCc2ccccc21.Cl. The first-order valence-corrected chi connectivity index (χ1v) is 9.64. The van der Waals surface area contributed by atoms with Gasteiger partial charge in [-0.25, -0.2) is 12.7 Å². The Bertz CT molecular complexity index is 648. The summed E-state index contributed by atoms with van der Waals surface area (Å²) in [6.07, 6.45) is 0.969. The molecule has 0 saturated carbocycles. The van der Waals surface area contributed by atoms with Gasteiger partial charge in [-0.05, 0) is 24.1 Å². The van der Waals surface area contributed by atoms with Crippen LogP contribution in [0.4, 0.5) is 0 Å². The molecular formula is C16H26ClN3O3S. The Kier molecular flexibility index (Phi) is 8.15. The summed E-state index contributed by atoms with van der Waals surface area (Å²) < 4.78 is 25.5. The maximum Gasteiger partial charge on any atom is 0.236 e. The Morgan fingerprint density at radius 3 is 2.62 bits per heavy atom. The molecule has 1 aromatic carbocycles. The second kappa shape index (κ2) is 9.36. The Morgan fingerprint density at radius 2 is 1.96 bits per heavy atom. The van der Waals surface area contributed by atoms with Gasteiger partial charge in [-0.1, -0.05) is 38.1 Å². The molecule has 2 N–H and O–H groups in total. The number of carbonyl (C=O) groups excluding carboxylic acids is 1. The van der Waals surface area contributed by atoms with E-state index in [-0.39, 0.29) is 18.4 Å². The maximum absolute atomic E-state index is 12.1. The number of fused-ring (bicyclic) bond motifs is 1. The third kappa shape index (κ3) is 5.17. The van der Waals surface area contributed by atoms with Crippen molar-refractivity contribution in [3.05, 3.63) is 35.4 Å². The number of rotatable bonds is 7. The molecule has 8 heteroatoms. The monoisotopic (exact) mass is 375 g/mol. The standard InChI is InChI=1S/C16H25N3O3S.ClH/c1-3-19(4-2)23(21,22)12-16(20)18-11-15-14-8-6-5-7-13(14)9-10-17-15;/h5-8,15,17H,3-4,9-12H2,1-2H3,(H,18,20);1H. The van der Waals surface area contributed by atoms with Gasteiger partial charge in [-0.3, -0.25) is 4.79 Å². The Morgan fingerprint density at radius 1 is 1.29 bits per heavy atom. The minimum absolute atomic E-state index is 0. The number of hydrogen-bond acceptors (Lipinski definition) is 4. The van der Waals surface area contributed by atoms with E-state index in [0.717, 1.165) is 13.0 Å². The first-order chi connectivity index (χ1) is 11.0. The van der Waals surface area contributed by atoms with E-state index in [2.05, 4.69) is 16.7 Å². The number of nitrogens with one attached hydrogen (secondary N) is 2. The highest BCUT2D eigenvalue weighted by atomic mass is 35.5. The zero-order valence-electron chi connectivity index (χ0n) is 14.1. The average molecular weight is 376 g/mol. The highest BCUT2D eigenvalue weighted by Crippen LogP contribution is 2.21. The number of sulfonamides is 1. The van der Waals surface area contributed by atoms with Gasteiger partial charge in [0.2, 0.25) is 15.9 Å². The van der Waals surface area contributed by atoms with Crippen molar-refractivity contribution in [2.75, 3.05) is 31.9 Å². The van der Waals surface area contributed by atoms with Crippen molar-refractivity contribution in [1.82, 2.24) is 14.9 Å². The number of carbonyl (C=O) groups is 1. The summed E-state index contributed by atoms with van der Waals surface area (Å²) in [4.78, 5) is 12.0. The van der Waals surface area contributed by atoms with Crippen molar-refractivity contribution in [3.63, 3.8) is 0 Å². The summed E-state index contributed by atoms with van der Waals surface area (Å²) in [6, 6.07) is 8.16. The van der Waals surface area contributed by atoms with E-state index in [1.165, 1.54) is 15.4 Å². The first-order valence-electron chi connectivity index (χ1n) is 8.03. The van der Waals surface area contributed by atoms with Gasteiger partial charge in [0.05, 0.1) is 0 Å². The predicted molar refractivity (Wildman–Crippen MR) is 97.9 cm³/mol. The molecular weight excluding hydrogens is 350 g/mol. The quantitative estimate of drug-likeness (QED) is 0.747. The van der Waals surface area contributed by atoms with E-state index in [0.29, 0.717) is 19.6 Å². The molecule has 0 radical (unpaired) electrons. The molecule has 1 amide bonds. The van der Waals surface area contributed by atoms with E-state index in [1.807, 2.05) is 18.2 Å². The van der Waals surface area contributed by atoms with Crippen molar-refractivity contribution < 1.29 is 13.2 Å². The van der Waals surface area contributed by atoms with Crippen LogP contribution in [0, 0.1) is 0 Å². The van der Waals surface area contributed by atoms with Gasteiger partial charge in [0, 0.05) is 25.7 Å². The normalized spacial score (nSPS) is 17.0. The van der Waals surface area contributed by atoms with Crippen LogP contribution in [0.25, 0.3) is 0 Å². The fraction of sp³-hybridized carbons (Fsp3) is 0.562. The fourth-order valence-corrected chi connectivity index (χ4v) is 4.32. The molecule has 0 aromatic heterocycles. The summed E-state index contributed by atoms with van der Waals surface area (Å²) in [7, 11) is -3.53. The molecule has 0 bridgehead atoms. The second-order valence-electron chi connectivity index (χ2n) is 5.60. The lowest BCUT2D eigenvalue weighted by atomic mass is 9.94. The van der Waals surface area contributed by atoms with E-state index in [1.54, 1.807) is 13.8 Å². The number of nitrogens with zero attached hydrogens (tertiary/aromatic N) is 1. The van der Waals surface area contributed by atoms with Crippen LogP contribution in [-0.4, -0.2) is 50.6 Å².